The van der Waals surface area contributed by atoms with Gasteiger partial charge in [-0.1, -0.05) is 6.08 Å². The van der Waals surface area contributed by atoms with Crippen LogP contribution in [0.3, 0.4) is 0 Å². The Bertz CT molecular complexity index is 137. The van der Waals surface area contributed by atoms with Crippen molar-refractivity contribution in [3.8, 4) is 0 Å². The molecule has 0 saturated heterocycles. The maximum absolute atomic E-state index is 10.2. The first kappa shape index (κ1) is 6.88. The third-order valence-corrected chi connectivity index (χ3v) is 0.696. The number of carbonyl (C=O) groups excluding carboxylic acids is 1. The summed E-state index contributed by atoms with van der Waals surface area (Å²) in [6.07, 6.45) is 1.51. The molecule has 0 rings (SSSR count). The zero-order valence-electron chi connectivity index (χ0n) is 4.72. The molecular weight excluding hydrogens is 104 g/mol. The molecule has 1 amide bonds. The smallest absolute Gasteiger partial charge is 0.266 e. The molecule has 0 radical (unpaired) electrons. The number of allylic oxidation sites excluding steroid dienone is 1. The van der Waals surface area contributed by atoms with Crippen molar-refractivity contribution in [3.05, 3.63) is 11.8 Å². The van der Waals surface area contributed by atoms with Crippen LogP contribution in [0.25, 0.3) is 0 Å². The molecule has 0 fully saturated rings. The first-order valence-corrected chi connectivity index (χ1v) is 2.15. The summed E-state index contributed by atoms with van der Waals surface area (Å²) in [6.45, 7) is 4.81. The second-order valence-electron chi connectivity index (χ2n) is 1.20. The zero-order valence-corrected chi connectivity index (χ0v) is 4.72. The molecule has 0 aliphatic carbocycles. The molecule has 0 aliphatic heterocycles. The maximum atomic E-state index is 10.2. The molecule has 2 N–H and O–H groups in total. The van der Waals surface area contributed by atoms with E-state index in [4.69, 9.17) is 5.73 Å². The Morgan fingerprint density at radius 3 is 2.38 bits per heavy atom. The number of primary amides is 1. The highest BCUT2D eigenvalue weighted by atomic mass is 16.1. The van der Waals surface area contributed by atoms with E-state index in [1.165, 1.54) is 6.08 Å². The lowest BCUT2D eigenvalue weighted by molar-refractivity contribution is -0.114. The fraction of sp³-hybridized carbons (Fsp3) is 0.200. The molecule has 0 aromatic heterocycles. The molecule has 44 valence electrons. The van der Waals surface area contributed by atoms with Gasteiger partial charge in [-0.05, 0) is 13.6 Å². The van der Waals surface area contributed by atoms with Gasteiger partial charge in [-0.3, -0.25) is 9.79 Å². The Balaban J connectivity index is 4.13. The minimum atomic E-state index is -0.539. The lowest BCUT2D eigenvalue weighted by atomic mass is 10.4. The number of rotatable bonds is 2. The van der Waals surface area contributed by atoms with Crippen molar-refractivity contribution in [1.82, 2.24) is 0 Å². The highest BCUT2D eigenvalue weighted by Crippen LogP contribution is 1.90. The number of nitrogens with two attached hydrogens (primary N) is 1. The van der Waals surface area contributed by atoms with Crippen molar-refractivity contribution in [2.45, 2.75) is 6.92 Å². The average Bonchev–Trinajstić information content (AvgIpc) is 1.69. The molecule has 0 aliphatic rings. The summed E-state index contributed by atoms with van der Waals surface area (Å²) in [7, 11) is 0. The number of amides is 1. The van der Waals surface area contributed by atoms with E-state index in [1.807, 2.05) is 0 Å². The largest absolute Gasteiger partial charge is 0.364 e. The summed E-state index contributed by atoms with van der Waals surface area (Å²) in [5.41, 5.74) is 5.03. The summed E-state index contributed by atoms with van der Waals surface area (Å²) in [5, 5.41) is 0. The van der Waals surface area contributed by atoms with Crippen molar-refractivity contribution in [1.29, 1.82) is 0 Å². The molecule has 0 atom stereocenters. The van der Waals surface area contributed by atoms with Crippen LogP contribution in [0, 0.1) is 0 Å². The van der Waals surface area contributed by atoms with Gasteiger partial charge in [0.15, 0.2) is 0 Å². The number of aliphatic imine (C=N–C) groups is 1. The van der Waals surface area contributed by atoms with Crippen LogP contribution in [-0.2, 0) is 4.79 Å². The number of hydrogen-bond acceptors (Lipinski definition) is 2. The van der Waals surface area contributed by atoms with E-state index < -0.39 is 5.91 Å². The molecule has 3 heteroatoms. The minimum Gasteiger partial charge on any atom is -0.364 e. The van der Waals surface area contributed by atoms with Crippen LogP contribution in [-0.4, -0.2) is 12.6 Å². The number of carbonyl (C=O) groups is 1. The first-order valence-electron chi connectivity index (χ1n) is 2.15. The Hall–Kier alpha value is -1.12. The van der Waals surface area contributed by atoms with Crippen molar-refractivity contribution >= 4 is 12.6 Å². The third kappa shape index (κ3) is 1.55. The molecule has 3 nitrogen and oxygen atoms in total. The topological polar surface area (TPSA) is 55.4 Å². The number of hydrogen-bond donors (Lipinski definition) is 1. The normalized spacial score (nSPS) is 10.9. The van der Waals surface area contributed by atoms with Gasteiger partial charge in [0.05, 0.1) is 0 Å². The predicted molar refractivity (Wildman–Crippen MR) is 32.5 cm³/mol. The highest BCUT2D eigenvalue weighted by Gasteiger charge is 1.95. The predicted octanol–water partition coefficient (Wildman–Crippen LogP) is 0.0761. The molecule has 0 aromatic carbocycles. The van der Waals surface area contributed by atoms with Crippen molar-refractivity contribution in [2.75, 3.05) is 0 Å². The SMILES string of the molecule is C=N/C(=C\C)C(N)=O. The summed E-state index contributed by atoms with van der Waals surface area (Å²) >= 11 is 0. The molecule has 0 spiro atoms. The summed E-state index contributed by atoms with van der Waals surface area (Å²) < 4.78 is 0. The Morgan fingerprint density at radius 1 is 1.88 bits per heavy atom. The number of nitrogens with zero attached hydrogens (tertiary/aromatic N) is 1. The van der Waals surface area contributed by atoms with E-state index in [0.717, 1.165) is 0 Å². The quantitative estimate of drug-likeness (QED) is 0.399. The van der Waals surface area contributed by atoms with Gasteiger partial charge in [0.2, 0.25) is 0 Å². The van der Waals surface area contributed by atoms with E-state index in [-0.39, 0.29) is 5.70 Å². The summed E-state index contributed by atoms with van der Waals surface area (Å²) in [5.74, 6) is -0.539. The monoisotopic (exact) mass is 112 g/mol. The van der Waals surface area contributed by atoms with Crippen LogP contribution < -0.4 is 5.73 Å². The molecule has 0 bridgehead atoms. The van der Waals surface area contributed by atoms with Crippen molar-refractivity contribution in [3.63, 3.8) is 0 Å². The van der Waals surface area contributed by atoms with Gasteiger partial charge < -0.3 is 5.73 Å². The molecule has 8 heavy (non-hydrogen) atoms. The van der Waals surface area contributed by atoms with Crippen molar-refractivity contribution < 1.29 is 4.79 Å². The van der Waals surface area contributed by atoms with Gasteiger partial charge in [0.25, 0.3) is 5.91 Å². The maximum Gasteiger partial charge on any atom is 0.266 e. The second kappa shape index (κ2) is 2.96. The van der Waals surface area contributed by atoms with Gasteiger partial charge in [0.1, 0.15) is 5.70 Å². The molecule has 0 heterocycles. The van der Waals surface area contributed by atoms with Crippen molar-refractivity contribution in [2.24, 2.45) is 10.7 Å². The van der Waals surface area contributed by atoms with Crippen LogP contribution in [0.15, 0.2) is 16.8 Å². The highest BCUT2D eigenvalue weighted by molar-refractivity contribution is 5.92. The average molecular weight is 112 g/mol. The van der Waals surface area contributed by atoms with Crippen LogP contribution in [0.2, 0.25) is 0 Å². The Morgan fingerprint density at radius 2 is 2.38 bits per heavy atom. The van der Waals surface area contributed by atoms with Crippen LogP contribution in [0.4, 0.5) is 0 Å². The fourth-order valence-electron chi connectivity index (χ4n) is 0.311. The zero-order chi connectivity index (χ0) is 6.57. The van der Waals surface area contributed by atoms with Crippen LogP contribution >= 0.6 is 0 Å². The lowest BCUT2D eigenvalue weighted by Gasteiger charge is -1.87. The second-order valence-corrected chi connectivity index (χ2v) is 1.20. The van der Waals surface area contributed by atoms with E-state index in [9.17, 15) is 4.79 Å². The molecule has 0 saturated carbocycles. The van der Waals surface area contributed by atoms with E-state index >= 15 is 0 Å². The van der Waals surface area contributed by atoms with E-state index in [0.29, 0.717) is 0 Å². The van der Waals surface area contributed by atoms with Gasteiger partial charge in [0, 0.05) is 0 Å². The standard InChI is InChI=1S/C5H8N2O/c1-3-4(7-2)5(6)8/h3H,2H2,1H3,(H2,6,8)/b4-3-. The molecule has 0 aromatic rings. The Kier molecular flexibility index (Phi) is 2.54. The fourth-order valence-corrected chi connectivity index (χ4v) is 0.311. The first-order chi connectivity index (χ1) is 3.72. The van der Waals surface area contributed by atoms with E-state index in [1.54, 1.807) is 6.92 Å². The third-order valence-electron chi connectivity index (χ3n) is 0.696. The van der Waals surface area contributed by atoms with Gasteiger partial charge in [-0.15, -0.1) is 0 Å². The van der Waals surface area contributed by atoms with Gasteiger partial charge >= 0.3 is 0 Å². The lowest BCUT2D eigenvalue weighted by Crippen LogP contribution is -2.11. The summed E-state index contributed by atoms with van der Waals surface area (Å²) in [6, 6.07) is 0. The van der Waals surface area contributed by atoms with Crippen LogP contribution in [0.5, 0.6) is 0 Å². The minimum absolute atomic E-state index is 0.213. The van der Waals surface area contributed by atoms with Gasteiger partial charge in [-0.2, -0.15) is 0 Å². The van der Waals surface area contributed by atoms with E-state index in [2.05, 4.69) is 11.7 Å². The summed E-state index contributed by atoms with van der Waals surface area (Å²) in [4.78, 5) is 13.5. The van der Waals surface area contributed by atoms with Crippen LogP contribution in [0.1, 0.15) is 6.92 Å². The molecule has 0 unspecified atom stereocenters. The molecular formula is C5H8N2O. The Labute approximate surface area is 47.9 Å². The van der Waals surface area contributed by atoms with Gasteiger partial charge in [-0.25, -0.2) is 0 Å².